The molecular formula is C14H29O4P. The molecule has 0 rings (SSSR count). The Bertz CT molecular complexity index is 277. The van der Waals surface area contributed by atoms with Crippen molar-refractivity contribution in [1.29, 1.82) is 0 Å². The third kappa shape index (κ3) is 11.2. The second-order valence-electron chi connectivity index (χ2n) is 5.74. The van der Waals surface area contributed by atoms with Crippen LogP contribution in [0.25, 0.3) is 0 Å². The summed E-state index contributed by atoms with van der Waals surface area (Å²) < 4.78 is 22.4. The summed E-state index contributed by atoms with van der Waals surface area (Å²) in [4.78, 5) is 11.5. The van der Waals surface area contributed by atoms with Crippen molar-refractivity contribution in [3.63, 3.8) is 0 Å². The van der Waals surface area contributed by atoms with Crippen molar-refractivity contribution in [2.24, 2.45) is 11.8 Å². The lowest BCUT2D eigenvalue weighted by molar-refractivity contribution is -0.140. The van der Waals surface area contributed by atoms with Gasteiger partial charge >= 0.3 is 5.97 Å². The van der Waals surface area contributed by atoms with Gasteiger partial charge in [0.25, 0.3) is 0 Å². The Kier molecular flexibility index (Phi) is 10.3. The maximum Gasteiger partial charge on any atom is 0.313 e. The Hall–Kier alpha value is -0.340. The highest BCUT2D eigenvalue weighted by atomic mass is 31.1. The van der Waals surface area contributed by atoms with E-state index in [0.29, 0.717) is 25.0 Å². The molecule has 2 unspecified atom stereocenters. The van der Waals surface area contributed by atoms with E-state index in [4.69, 9.17) is 9.47 Å². The van der Waals surface area contributed by atoms with Gasteiger partial charge in [-0.15, -0.1) is 0 Å². The van der Waals surface area contributed by atoms with Crippen molar-refractivity contribution < 1.29 is 18.8 Å². The first-order valence-corrected chi connectivity index (χ1v) is 8.82. The van der Waals surface area contributed by atoms with Gasteiger partial charge in [-0.25, -0.2) is 0 Å². The van der Waals surface area contributed by atoms with Gasteiger partial charge in [-0.05, 0) is 31.6 Å². The molecule has 0 saturated carbocycles. The van der Waals surface area contributed by atoms with Crippen LogP contribution in [0.3, 0.4) is 0 Å². The molecule has 2 atom stereocenters. The fourth-order valence-corrected chi connectivity index (χ4v) is 2.30. The quantitative estimate of drug-likeness (QED) is 0.456. The lowest BCUT2D eigenvalue weighted by Crippen LogP contribution is -2.14. The summed E-state index contributed by atoms with van der Waals surface area (Å²) in [5.74, 6) is 0.351. The minimum Gasteiger partial charge on any atom is -0.465 e. The minimum absolute atomic E-state index is 0.00833. The molecule has 0 fully saturated rings. The molecule has 0 bridgehead atoms. The maximum absolute atomic E-state index is 11.9. The van der Waals surface area contributed by atoms with Crippen molar-refractivity contribution in [1.82, 2.24) is 0 Å². The summed E-state index contributed by atoms with van der Waals surface area (Å²) in [6.07, 6.45) is 1.77. The molecule has 0 aliphatic rings. The van der Waals surface area contributed by atoms with Crippen molar-refractivity contribution in [3.05, 3.63) is 0 Å². The molecule has 0 saturated heterocycles. The average molecular weight is 292 g/mol. The molecule has 0 amide bonds. The third-order valence-corrected chi connectivity index (χ3v) is 4.50. The number of hydrogen-bond donors (Lipinski definition) is 0. The predicted molar refractivity (Wildman–Crippen MR) is 79.2 cm³/mol. The first-order chi connectivity index (χ1) is 8.82. The zero-order valence-electron chi connectivity index (χ0n) is 12.9. The Morgan fingerprint density at radius 2 is 1.53 bits per heavy atom. The van der Waals surface area contributed by atoms with E-state index in [0.717, 1.165) is 12.8 Å². The van der Waals surface area contributed by atoms with Gasteiger partial charge in [-0.2, -0.15) is 0 Å². The Balaban J connectivity index is 3.78. The molecule has 0 heterocycles. The zero-order chi connectivity index (χ0) is 14.8. The summed E-state index contributed by atoms with van der Waals surface area (Å²) >= 11 is 0. The van der Waals surface area contributed by atoms with Gasteiger partial charge < -0.3 is 14.0 Å². The second kappa shape index (κ2) is 10.4. The highest BCUT2D eigenvalue weighted by Gasteiger charge is 2.16. The summed E-state index contributed by atoms with van der Waals surface area (Å²) in [7, 11) is -2.06. The number of rotatable bonds is 10. The zero-order valence-corrected chi connectivity index (χ0v) is 13.9. The highest BCUT2D eigenvalue weighted by Crippen LogP contribution is 2.28. The topological polar surface area (TPSA) is 52.6 Å². The van der Waals surface area contributed by atoms with Crippen LogP contribution >= 0.6 is 7.80 Å². The van der Waals surface area contributed by atoms with Gasteiger partial charge in [0, 0.05) is 6.61 Å². The number of ether oxygens (including phenoxy) is 2. The summed E-state index contributed by atoms with van der Waals surface area (Å²) in [6, 6.07) is 0. The summed E-state index contributed by atoms with van der Waals surface area (Å²) in [6.45, 7) is 11.1. The molecule has 19 heavy (non-hydrogen) atoms. The third-order valence-electron chi connectivity index (χ3n) is 2.79. The van der Waals surface area contributed by atoms with Crippen LogP contribution in [0.1, 0.15) is 47.5 Å². The molecule has 0 radical (unpaired) electrons. The first kappa shape index (κ1) is 18.7. The van der Waals surface area contributed by atoms with E-state index >= 15 is 0 Å². The van der Waals surface area contributed by atoms with Crippen LogP contribution in [0.5, 0.6) is 0 Å². The average Bonchev–Trinajstić information content (AvgIpc) is 2.27. The minimum atomic E-state index is -2.06. The molecule has 0 aromatic heterocycles. The van der Waals surface area contributed by atoms with E-state index < -0.39 is 7.80 Å². The number of esters is 1. The van der Waals surface area contributed by atoms with E-state index in [-0.39, 0.29) is 18.0 Å². The molecule has 0 N–H and O–H groups in total. The van der Waals surface area contributed by atoms with Gasteiger partial charge in [0.15, 0.2) is 0 Å². The molecule has 5 heteroatoms. The van der Waals surface area contributed by atoms with Crippen molar-refractivity contribution in [3.8, 4) is 0 Å². The van der Waals surface area contributed by atoms with E-state index in [1.807, 2.05) is 0 Å². The molecule has 0 aromatic carbocycles. The van der Waals surface area contributed by atoms with Crippen molar-refractivity contribution in [2.75, 3.05) is 19.4 Å². The Morgan fingerprint density at radius 1 is 1.00 bits per heavy atom. The largest absolute Gasteiger partial charge is 0.465 e. The normalized spacial score (nSPS) is 14.7. The van der Waals surface area contributed by atoms with Crippen LogP contribution in [0.2, 0.25) is 0 Å². The van der Waals surface area contributed by atoms with E-state index in [2.05, 4.69) is 27.7 Å². The van der Waals surface area contributed by atoms with Crippen LogP contribution < -0.4 is 0 Å². The number of carbonyl (C=O) groups excluding carboxylic acids is 1. The SMILES string of the molecule is CC(C)CCOC(=O)C[PH](=O)C(C)OCCC(C)C. The molecular weight excluding hydrogens is 263 g/mol. The van der Waals surface area contributed by atoms with Crippen LogP contribution in [0, 0.1) is 11.8 Å². The van der Waals surface area contributed by atoms with Crippen LogP contribution in [0.15, 0.2) is 0 Å². The van der Waals surface area contributed by atoms with Gasteiger partial charge in [0.2, 0.25) is 0 Å². The highest BCUT2D eigenvalue weighted by molar-refractivity contribution is 7.46. The predicted octanol–water partition coefficient (Wildman–Crippen LogP) is 3.54. The molecule has 4 nitrogen and oxygen atoms in total. The molecule has 0 spiro atoms. The summed E-state index contributed by atoms with van der Waals surface area (Å²) in [5.41, 5.74) is 0. The summed E-state index contributed by atoms with van der Waals surface area (Å²) in [5, 5.41) is 0. The Morgan fingerprint density at radius 3 is 2.05 bits per heavy atom. The van der Waals surface area contributed by atoms with Crippen LogP contribution in [0.4, 0.5) is 0 Å². The van der Waals surface area contributed by atoms with Gasteiger partial charge in [0.1, 0.15) is 13.6 Å². The van der Waals surface area contributed by atoms with Crippen molar-refractivity contribution >= 4 is 13.8 Å². The number of carbonyl (C=O) groups is 1. The van der Waals surface area contributed by atoms with E-state index in [1.165, 1.54) is 0 Å². The molecule has 0 aromatic rings. The van der Waals surface area contributed by atoms with Gasteiger partial charge in [-0.3, -0.25) is 4.79 Å². The second-order valence-corrected chi connectivity index (χ2v) is 7.84. The van der Waals surface area contributed by atoms with E-state index in [9.17, 15) is 9.36 Å². The van der Waals surface area contributed by atoms with E-state index in [1.54, 1.807) is 6.92 Å². The van der Waals surface area contributed by atoms with Crippen LogP contribution in [-0.2, 0) is 18.8 Å². The molecule has 0 aliphatic carbocycles. The fraction of sp³-hybridized carbons (Fsp3) is 0.929. The monoisotopic (exact) mass is 292 g/mol. The standard InChI is InChI=1S/C14H29O4P/c1-11(2)6-8-17-13(5)19(16)10-14(15)18-9-7-12(3)4/h11-13,19H,6-10H2,1-5H3. The smallest absolute Gasteiger partial charge is 0.313 e. The maximum atomic E-state index is 11.9. The van der Waals surface area contributed by atoms with Gasteiger partial charge in [-0.1, -0.05) is 27.7 Å². The lowest BCUT2D eigenvalue weighted by atomic mass is 10.1. The van der Waals surface area contributed by atoms with Crippen LogP contribution in [-0.4, -0.2) is 31.2 Å². The van der Waals surface area contributed by atoms with Gasteiger partial charge in [0.05, 0.1) is 12.8 Å². The fourth-order valence-electron chi connectivity index (χ4n) is 1.32. The first-order valence-electron chi connectivity index (χ1n) is 7.12. The molecule has 114 valence electrons. The lowest BCUT2D eigenvalue weighted by Gasteiger charge is -2.14. The molecule has 0 aliphatic heterocycles. The van der Waals surface area contributed by atoms with Crippen molar-refractivity contribution in [2.45, 2.75) is 53.3 Å². The Labute approximate surface area is 118 Å². The number of hydrogen-bond acceptors (Lipinski definition) is 4.